The third kappa shape index (κ3) is 2.85. The number of aliphatic hydroxyl groups is 1. The Balaban J connectivity index is 1.88. The van der Waals surface area contributed by atoms with Gasteiger partial charge in [-0.2, -0.15) is 0 Å². The van der Waals surface area contributed by atoms with Crippen LogP contribution in [0.25, 0.3) is 11.0 Å². The van der Waals surface area contributed by atoms with Crippen LogP contribution >= 0.6 is 0 Å². The maximum atomic E-state index is 11.3. The van der Waals surface area contributed by atoms with E-state index in [2.05, 4.69) is 15.3 Å². The quantitative estimate of drug-likeness (QED) is 0.575. The molecule has 0 aliphatic rings. The second-order valence-corrected chi connectivity index (χ2v) is 4.08. The zero-order valence-electron chi connectivity index (χ0n) is 9.89. The Labute approximate surface area is 104 Å². The fourth-order valence-corrected chi connectivity index (χ4v) is 1.68. The highest BCUT2D eigenvalue weighted by molar-refractivity contribution is 5.81. The lowest BCUT2D eigenvalue weighted by Crippen LogP contribution is -2.43. The van der Waals surface area contributed by atoms with Gasteiger partial charge in [0, 0.05) is 6.54 Å². The Hall–Kier alpha value is -1.92. The lowest BCUT2D eigenvalue weighted by molar-refractivity contribution is -0.123. The minimum atomic E-state index is -0.847. The normalized spacial score (nSPS) is 12.6. The molecule has 2 rings (SSSR count). The summed E-state index contributed by atoms with van der Waals surface area (Å²) >= 11 is 0. The van der Waals surface area contributed by atoms with Gasteiger partial charge in [0.1, 0.15) is 6.04 Å². The van der Waals surface area contributed by atoms with Gasteiger partial charge < -0.3 is 21.1 Å². The smallest absolute Gasteiger partial charge is 0.239 e. The van der Waals surface area contributed by atoms with Gasteiger partial charge in [0.05, 0.1) is 24.0 Å². The number of fused-ring (bicyclic) bond motifs is 1. The lowest BCUT2D eigenvalue weighted by atomic mass is 10.1. The zero-order chi connectivity index (χ0) is 13.0. The van der Waals surface area contributed by atoms with Crippen LogP contribution < -0.4 is 11.1 Å². The van der Waals surface area contributed by atoms with Crippen LogP contribution in [0.4, 0.5) is 0 Å². The molecule has 1 amide bonds. The molecule has 0 aliphatic carbocycles. The molecule has 1 unspecified atom stereocenters. The van der Waals surface area contributed by atoms with Gasteiger partial charge in [-0.3, -0.25) is 4.79 Å². The van der Waals surface area contributed by atoms with Gasteiger partial charge in [-0.25, -0.2) is 4.98 Å². The van der Waals surface area contributed by atoms with Crippen molar-refractivity contribution in [1.82, 2.24) is 15.3 Å². The number of nitrogens with zero attached hydrogens (tertiary/aromatic N) is 1. The van der Waals surface area contributed by atoms with E-state index >= 15 is 0 Å². The van der Waals surface area contributed by atoms with E-state index < -0.39 is 6.04 Å². The minimum absolute atomic E-state index is 0.333. The van der Waals surface area contributed by atoms with Crippen LogP contribution in [0, 0.1) is 0 Å². The van der Waals surface area contributed by atoms with E-state index in [0.29, 0.717) is 13.0 Å². The summed E-state index contributed by atoms with van der Waals surface area (Å²) in [6, 6.07) is 5.06. The third-order valence-corrected chi connectivity index (χ3v) is 2.73. The maximum absolute atomic E-state index is 11.3. The highest BCUT2D eigenvalue weighted by atomic mass is 16.3. The predicted molar refractivity (Wildman–Crippen MR) is 67.9 cm³/mol. The van der Waals surface area contributed by atoms with Crippen molar-refractivity contribution in [3.63, 3.8) is 0 Å². The van der Waals surface area contributed by atoms with E-state index in [-0.39, 0.29) is 12.5 Å². The summed E-state index contributed by atoms with van der Waals surface area (Å²) in [6.45, 7) is 0.151. The molecular weight excluding hydrogens is 232 g/mol. The third-order valence-electron chi connectivity index (χ3n) is 2.73. The second kappa shape index (κ2) is 5.61. The van der Waals surface area contributed by atoms with E-state index in [0.717, 1.165) is 16.6 Å². The van der Waals surface area contributed by atoms with Crippen LogP contribution in [-0.2, 0) is 11.2 Å². The number of H-pyrrole nitrogens is 1. The van der Waals surface area contributed by atoms with Crippen LogP contribution in [0.5, 0.6) is 0 Å². The number of imidazole rings is 1. The summed E-state index contributed by atoms with van der Waals surface area (Å²) in [6.07, 6.45) is 2.36. The lowest BCUT2D eigenvalue weighted by Gasteiger charge is -2.09. The first-order valence-corrected chi connectivity index (χ1v) is 5.77. The highest BCUT2D eigenvalue weighted by Crippen LogP contribution is 2.11. The number of rotatable bonds is 5. The predicted octanol–water partition coefficient (Wildman–Crippen LogP) is -0.459. The fourth-order valence-electron chi connectivity index (χ4n) is 1.68. The summed E-state index contributed by atoms with van der Waals surface area (Å²) < 4.78 is 0. The molecule has 0 radical (unpaired) electrons. The SMILES string of the molecule is NC(CO)C(=O)NCCc1ccc2nc[nH]c2c1. The van der Waals surface area contributed by atoms with Crippen molar-refractivity contribution in [1.29, 1.82) is 0 Å². The Kier molecular flexibility index (Phi) is 3.91. The van der Waals surface area contributed by atoms with E-state index in [4.69, 9.17) is 10.8 Å². The number of aliphatic hydroxyl groups excluding tert-OH is 1. The number of aromatic amines is 1. The number of carbonyl (C=O) groups is 1. The van der Waals surface area contributed by atoms with Crippen molar-refractivity contribution < 1.29 is 9.90 Å². The van der Waals surface area contributed by atoms with E-state index in [9.17, 15) is 4.79 Å². The number of aromatic nitrogens is 2. The Morgan fingerprint density at radius 1 is 1.56 bits per heavy atom. The Morgan fingerprint density at radius 3 is 3.17 bits per heavy atom. The van der Waals surface area contributed by atoms with Crippen LogP contribution in [-0.4, -0.2) is 40.2 Å². The summed E-state index contributed by atoms with van der Waals surface area (Å²) in [5.41, 5.74) is 8.38. The highest BCUT2D eigenvalue weighted by Gasteiger charge is 2.10. The number of benzene rings is 1. The molecule has 18 heavy (non-hydrogen) atoms. The molecule has 2 aromatic rings. The van der Waals surface area contributed by atoms with E-state index in [1.165, 1.54) is 0 Å². The summed E-state index contributed by atoms with van der Waals surface area (Å²) in [7, 11) is 0. The molecule has 0 bridgehead atoms. The molecule has 0 saturated heterocycles. The molecule has 96 valence electrons. The van der Waals surface area contributed by atoms with Crippen molar-refractivity contribution >= 4 is 16.9 Å². The molecular formula is C12H16N4O2. The van der Waals surface area contributed by atoms with Crippen molar-refractivity contribution in [3.8, 4) is 0 Å². The van der Waals surface area contributed by atoms with Gasteiger partial charge >= 0.3 is 0 Å². The van der Waals surface area contributed by atoms with Crippen molar-refractivity contribution in [2.24, 2.45) is 5.73 Å². The maximum Gasteiger partial charge on any atom is 0.239 e. The molecule has 1 aromatic carbocycles. The first-order chi connectivity index (χ1) is 8.70. The molecule has 6 heteroatoms. The summed E-state index contributed by atoms with van der Waals surface area (Å²) in [4.78, 5) is 18.5. The summed E-state index contributed by atoms with van der Waals surface area (Å²) in [5.74, 6) is -0.333. The fraction of sp³-hybridized carbons (Fsp3) is 0.333. The molecule has 0 fully saturated rings. The van der Waals surface area contributed by atoms with Gasteiger partial charge in [0.15, 0.2) is 0 Å². The van der Waals surface area contributed by atoms with Gasteiger partial charge in [0.25, 0.3) is 0 Å². The largest absolute Gasteiger partial charge is 0.394 e. The van der Waals surface area contributed by atoms with Gasteiger partial charge in [-0.05, 0) is 24.1 Å². The summed E-state index contributed by atoms with van der Waals surface area (Å²) in [5, 5.41) is 11.4. The number of carbonyl (C=O) groups excluding carboxylic acids is 1. The molecule has 0 spiro atoms. The average Bonchev–Trinajstić information content (AvgIpc) is 2.85. The van der Waals surface area contributed by atoms with Gasteiger partial charge in [0.2, 0.25) is 5.91 Å². The Bertz CT molecular complexity index is 538. The van der Waals surface area contributed by atoms with E-state index in [1.54, 1.807) is 6.33 Å². The number of nitrogens with two attached hydrogens (primary N) is 1. The van der Waals surface area contributed by atoms with Crippen LogP contribution in [0.15, 0.2) is 24.5 Å². The first-order valence-electron chi connectivity index (χ1n) is 5.77. The standard InChI is InChI=1S/C12H16N4O2/c13-9(6-17)12(18)14-4-3-8-1-2-10-11(5-8)16-7-15-10/h1-2,5,7,9,17H,3-4,6,13H2,(H,14,18)(H,15,16). The topological polar surface area (TPSA) is 104 Å². The molecule has 0 saturated carbocycles. The van der Waals surface area contributed by atoms with Crippen molar-refractivity contribution in [2.45, 2.75) is 12.5 Å². The number of hydrogen-bond acceptors (Lipinski definition) is 4. The Morgan fingerprint density at radius 2 is 2.39 bits per heavy atom. The van der Waals surface area contributed by atoms with Crippen LogP contribution in [0.3, 0.4) is 0 Å². The van der Waals surface area contributed by atoms with Crippen molar-refractivity contribution in [3.05, 3.63) is 30.1 Å². The molecule has 1 heterocycles. The van der Waals surface area contributed by atoms with Gasteiger partial charge in [-0.1, -0.05) is 6.07 Å². The number of amides is 1. The van der Waals surface area contributed by atoms with Crippen LogP contribution in [0.2, 0.25) is 0 Å². The number of hydrogen-bond donors (Lipinski definition) is 4. The monoisotopic (exact) mass is 248 g/mol. The van der Waals surface area contributed by atoms with Crippen LogP contribution in [0.1, 0.15) is 5.56 Å². The van der Waals surface area contributed by atoms with Gasteiger partial charge in [-0.15, -0.1) is 0 Å². The second-order valence-electron chi connectivity index (χ2n) is 4.08. The molecule has 1 aromatic heterocycles. The molecule has 0 aliphatic heterocycles. The molecule has 5 N–H and O–H groups in total. The van der Waals surface area contributed by atoms with E-state index in [1.807, 2.05) is 18.2 Å². The first kappa shape index (κ1) is 12.5. The van der Waals surface area contributed by atoms with Crippen molar-refractivity contribution in [2.75, 3.05) is 13.2 Å². The minimum Gasteiger partial charge on any atom is -0.394 e. The average molecular weight is 248 g/mol. The molecule has 6 nitrogen and oxygen atoms in total. The zero-order valence-corrected chi connectivity index (χ0v) is 9.89. The number of nitrogens with one attached hydrogen (secondary N) is 2. The molecule has 1 atom stereocenters.